The summed E-state index contributed by atoms with van der Waals surface area (Å²) in [6.07, 6.45) is 0.295. The Hall–Kier alpha value is -2.86. The molecule has 1 aliphatic rings. The van der Waals surface area contributed by atoms with Crippen LogP contribution in [-0.4, -0.2) is 67.5 Å². The van der Waals surface area contributed by atoms with E-state index in [4.69, 9.17) is 4.74 Å². The number of benzene rings is 2. The summed E-state index contributed by atoms with van der Waals surface area (Å²) in [7, 11) is 0. The average molecular weight is 381 g/mol. The molecular weight excluding hydrogens is 354 g/mol. The molecule has 0 unspecified atom stereocenters. The van der Waals surface area contributed by atoms with Crippen molar-refractivity contribution in [3.63, 3.8) is 0 Å². The van der Waals surface area contributed by atoms with Gasteiger partial charge in [0.1, 0.15) is 12.4 Å². The van der Waals surface area contributed by atoms with E-state index in [-0.39, 0.29) is 18.4 Å². The number of para-hydroxylation sites is 1. The van der Waals surface area contributed by atoms with E-state index < -0.39 is 0 Å². The van der Waals surface area contributed by atoms with Gasteiger partial charge >= 0.3 is 0 Å². The van der Waals surface area contributed by atoms with Crippen LogP contribution in [-0.2, 0) is 16.0 Å². The lowest BCUT2D eigenvalue weighted by Crippen LogP contribution is -2.51. The van der Waals surface area contributed by atoms with E-state index in [1.807, 2.05) is 65.6 Å². The summed E-state index contributed by atoms with van der Waals surface area (Å²) in [6, 6.07) is 19.3. The summed E-state index contributed by atoms with van der Waals surface area (Å²) in [6.45, 7) is 4.53. The summed E-state index contributed by atoms with van der Waals surface area (Å²) in [5, 5.41) is 2.73. The minimum Gasteiger partial charge on any atom is -0.492 e. The Balaban J connectivity index is 1.30. The van der Waals surface area contributed by atoms with Crippen LogP contribution in [0.25, 0.3) is 0 Å². The molecule has 0 aromatic heterocycles. The van der Waals surface area contributed by atoms with Crippen molar-refractivity contribution in [3.8, 4) is 5.75 Å². The zero-order valence-electron chi connectivity index (χ0n) is 16.0. The molecule has 0 bridgehead atoms. The van der Waals surface area contributed by atoms with Crippen molar-refractivity contribution < 1.29 is 14.3 Å². The molecule has 2 aromatic carbocycles. The molecule has 28 heavy (non-hydrogen) atoms. The lowest BCUT2D eigenvalue weighted by atomic mass is 10.1. The molecule has 1 heterocycles. The second-order valence-electron chi connectivity index (χ2n) is 6.82. The van der Waals surface area contributed by atoms with E-state index in [0.717, 1.165) is 30.9 Å². The predicted octanol–water partition coefficient (Wildman–Crippen LogP) is 1.57. The number of rotatable bonds is 8. The van der Waals surface area contributed by atoms with Crippen molar-refractivity contribution in [2.24, 2.45) is 0 Å². The Morgan fingerprint density at radius 2 is 1.54 bits per heavy atom. The first-order chi connectivity index (χ1) is 13.7. The topological polar surface area (TPSA) is 61.9 Å². The molecule has 1 saturated heterocycles. The molecule has 1 fully saturated rings. The first-order valence-electron chi connectivity index (χ1n) is 9.69. The van der Waals surface area contributed by atoms with Gasteiger partial charge < -0.3 is 15.0 Å². The van der Waals surface area contributed by atoms with E-state index in [9.17, 15) is 9.59 Å². The second-order valence-corrected chi connectivity index (χ2v) is 6.82. The van der Waals surface area contributed by atoms with Crippen LogP contribution in [0.5, 0.6) is 5.75 Å². The molecule has 0 spiro atoms. The first-order valence-corrected chi connectivity index (χ1v) is 9.69. The zero-order valence-corrected chi connectivity index (χ0v) is 16.0. The molecule has 2 aromatic rings. The maximum atomic E-state index is 12.3. The lowest BCUT2D eigenvalue weighted by molar-refractivity contribution is -0.134. The van der Waals surface area contributed by atoms with Gasteiger partial charge in [-0.15, -0.1) is 0 Å². The molecule has 2 amide bonds. The van der Waals surface area contributed by atoms with Gasteiger partial charge in [-0.2, -0.15) is 0 Å². The number of amides is 2. The smallest absolute Gasteiger partial charge is 0.242 e. The van der Waals surface area contributed by atoms with Crippen LogP contribution in [0.2, 0.25) is 0 Å². The van der Waals surface area contributed by atoms with Crippen LogP contribution in [0.3, 0.4) is 0 Å². The van der Waals surface area contributed by atoms with Gasteiger partial charge in [0.25, 0.3) is 0 Å². The van der Waals surface area contributed by atoms with Gasteiger partial charge in [0, 0.05) is 32.7 Å². The highest BCUT2D eigenvalue weighted by molar-refractivity contribution is 5.85. The number of hydrogen-bond acceptors (Lipinski definition) is 4. The quantitative estimate of drug-likeness (QED) is 0.754. The summed E-state index contributed by atoms with van der Waals surface area (Å²) in [4.78, 5) is 28.4. The minimum atomic E-state index is -0.128. The van der Waals surface area contributed by atoms with Gasteiger partial charge in [-0.05, 0) is 17.7 Å². The molecule has 0 aliphatic carbocycles. The molecule has 6 nitrogen and oxygen atoms in total. The summed E-state index contributed by atoms with van der Waals surface area (Å²) >= 11 is 0. The SMILES string of the molecule is O=C(Cc1ccccc1)NCC(=O)N1CCN(CCOc2ccccc2)CC1. The largest absolute Gasteiger partial charge is 0.492 e. The van der Waals surface area contributed by atoms with Gasteiger partial charge in [0.15, 0.2) is 0 Å². The first kappa shape index (κ1) is 19.9. The van der Waals surface area contributed by atoms with Crippen LogP contribution in [0, 0.1) is 0 Å². The van der Waals surface area contributed by atoms with Gasteiger partial charge in [-0.25, -0.2) is 0 Å². The predicted molar refractivity (Wildman–Crippen MR) is 108 cm³/mol. The molecule has 6 heteroatoms. The van der Waals surface area contributed by atoms with Crippen LogP contribution in [0.15, 0.2) is 60.7 Å². The lowest BCUT2D eigenvalue weighted by Gasteiger charge is -2.34. The standard InChI is InChI=1S/C22H27N3O3/c26-21(17-19-7-3-1-4-8-19)23-18-22(27)25-13-11-24(12-14-25)15-16-28-20-9-5-2-6-10-20/h1-10H,11-18H2,(H,23,26). The van der Waals surface area contributed by atoms with Crippen LogP contribution in [0.1, 0.15) is 5.56 Å². The molecular formula is C22H27N3O3. The molecule has 0 saturated carbocycles. The van der Waals surface area contributed by atoms with E-state index in [1.165, 1.54) is 0 Å². The van der Waals surface area contributed by atoms with Crippen molar-refractivity contribution in [2.75, 3.05) is 45.9 Å². The van der Waals surface area contributed by atoms with Crippen molar-refractivity contribution in [2.45, 2.75) is 6.42 Å². The maximum absolute atomic E-state index is 12.3. The number of hydrogen-bond donors (Lipinski definition) is 1. The van der Waals surface area contributed by atoms with Crippen LogP contribution >= 0.6 is 0 Å². The Bertz CT molecular complexity index is 744. The third-order valence-corrected chi connectivity index (χ3v) is 4.79. The molecule has 0 radical (unpaired) electrons. The van der Waals surface area contributed by atoms with Crippen molar-refractivity contribution in [1.29, 1.82) is 0 Å². The molecule has 1 N–H and O–H groups in total. The normalized spacial score (nSPS) is 14.5. The number of piperazine rings is 1. The third-order valence-electron chi connectivity index (χ3n) is 4.79. The second kappa shape index (κ2) is 10.5. The molecule has 3 rings (SSSR count). The molecule has 0 atom stereocenters. The number of nitrogens with zero attached hydrogens (tertiary/aromatic N) is 2. The van der Waals surface area contributed by atoms with E-state index >= 15 is 0 Å². The van der Waals surface area contributed by atoms with E-state index in [2.05, 4.69) is 10.2 Å². The Morgan fingerprint density at radius 1 is 0.893 bits per heavy atom. The fourth-order valence-corrected chi connectivity index (χ4v) is 3.16. The summed E-state index contributed by atoms with van der Waals surface area (Å²) in [5.74, 6) is 0.723. The Kier molecular flexibility index (Phi) is 7.44. The number of ether oxygens (including phenoxy) is 1. The van der Waals surface area contributed by atoms with Crippen molar-refractivity contribution in [3.05, 3.63) is 66.2 Å². The fraction of sp³-hybridized carbons (Fsp3) is 0.364. The van der Waals surface area contributed by atoms with Gasteiger partial charge in [0.05, 0.1) is 13.0 Å². The van der Waals surface area contributed by atoms with Gasteiger partial charge in [-0.1, -0.05) is 48.5 Å². The average Bonchev–Trinajstić information content (AvgIpc) is 2.74. The summed E-state index contributed by atoms with van der Waals surface area (Å²) in [5.41, 5.74) is 0.943. The van der Waals surface area contributed by atoms with Crippen molar-refractivity contribution >= 4 is 11.8 Å². The Morgan fingerprint density at radius 3 is 2.21 bits per heavy atom. The molecule has 1 aliphatic heterocycles. The highest BCUT2D eigenvalue weighted by Crippen LogP contribution is 2.08. The van der Waals surface area contributed by atoms with Crippen molar-refractivity contribution in [1.82, 2.24) is 15.1 Å². The van der Waals surface area contributed by atoms with E-state index in [0.29, 0.717) is 26.1 Å². The van der Waals surface area contributed by atoms with Crippen LogP contribution < -0.4 is 10.1 Å². The third kappa shape index (κ3) is 6.39. The Labute approximate surface area is 166 Å². The van der Waals surface area contributed by atoms with Gasteiger partial charge in [0.2, 0.25) is 11.8 Å². The summed E-state index contributed by atoms with van der Waals surface area (Å²) < 4.78 is 5.73. The molecule has 148 valence electrons. The number of carbonyl (C=O) groups excluding carboxylic acids is 2. The number of carbonyl (C=O) groups is 2. The maximum Gasteiger partial charge on any atom is 0.242 e. The van der Waals surface area contributed by atoms with Gasteiger partial charge in [-0.3, -0.25) is 14.5 Å². The number of nitrogens with one attached hydrogen (secondary N) is 1. The zero-order chi connectivity index (χ0) is 19.6. The van der Waals surface area contributed by atoms with E-state index in [1.54, 1.807) is 0 Å². The minimum absolute atomic E-state index is 0.0263. The highest BCUT2D eigenvalue weighted by Gasteiger charge is 2.21. The van der Waals surface area contributed by atoms with Crippen LogP contribution in [0.4, 0.5) is 0 Å². The monoisotopic (exact) mass is 381 g/mol. The fourth-order valence-electron chi connectivity index (χ4n) is 3.16. The highest BCUT2D eigenvalue weighted by atomic mass is 16.5.